The van der Waals surface area contributed by atoms with Crippen LogP contribution in [0.2, 0.25) is 0 Å². The van der Waals surface area contributed by atoms with Gasteiger partial charge in [0.25, 0.3) is 15.6 Å². The zero-order valence-corrected chi connectivity index (χ0v) is 39.2. The fourth-order valence-corrected chi connectivity index (χ4v) is 9.07. The monoisotopic (exact) mass is 1060 g/mol. The number of nitrogen functional groups attached to an aromatic ring is 3. The summed E-state index contributed by atoms with van der Waals surface area (Å²) in [6.45, 7) is -1.10. The molecule has 0 radical (unpaired) electrons. The van der Waals surface area contributed by atoms with Crippen molar-refractivity contribution in [3.05, 3.63) is 38.0 Å². The third-order valence-electron chi connectivity index (χ3n) is 11.3. The summed E-state index contributed by atoms with van der Waals surface area (Å²) < 4.78 is 87.4. The summed E-state index contributed by atoms with van der Waals surface area (Å²) in [5.41, 5.74) is 19.7. The second-order valence-electron chi connectivity index (χ2n) is 15.3. The smallest absolute Gasteiger partial charge is 0.298 e. The zero-order chi connectivity index (χ0) is 50.1. The van der Waals surface area contributed by atoms with Crippen molar-refractivity contribution < 1.29 is 85.4 Å². The summed E-state index contributed by atoms with van der Waals surface area (Å²) in [7, 11) is -2.98. The van der Waals surface area contributed by atoms with Gasteiger partial charge in [0.15, 0.2) is 59.2 Å². The molecule has 398 valence electrons. The summed E-state index contributed by atoms with van der Waals surface area (Å²) in [5, 5.41) is 10.9. The highest BCUT2D eigenvalue weighted by Gasteiger charge is 2.50. The minimum absolute atomic E-state index is 0. The Morgan fingerprint density at radius 3 is 1.38 bits per heavy atom. The van der Waals surface area contributed by atoms with Crippen molar-refractivity contribution in [3.63, 3.8) is 0 Å². The zero-order valence-electron chi connectivity index (χ0n) is 37.4. The molecule has 3 aliphatic heterocycles. The van der Waals surface area contributed by atoms with Gasteiger partial charge in [-0.15, -0.1) is 0 Å². The van der Waals surface area contributed by atoms with Gasteiger partial charge < -0.3 is 83.9 Å². The average Bonchev–Trinajstić information content (AvgIpc) is 4.19. The van der Waals surface area contributed by atoms with Crippen molar-refractivity contribution in [2.24, 2.45) is 0 Å². The molecule has 35 heteroatoms. The van der Waals surface area contributed by atoms with E-state index in [1.165, 1.54) is 78.1 Å². The molecule has 0 aliphatic carbocycles. The Kier molecular flexibility index (Phi) is 18.2. The number of hydrogen-bond acceptors (Lipinski definition) is 29. The van der Waals surface area contributed by atoms with Crippen LogP contribution in [0.25, 0.3) is 33.5 Å². The van der Waals surface area contributed by atoms with Gasteiger partial charge in [-0.1, -0.05) is 14.9 Å². The largest absolute Gasteiger partial charge is 0.756 e. The van der Waals surface area contributed by atoms with Gasteiger partial charge in [-0.25, -0.2) is 49.7 Å². The highest BCUT2D eigenvalue weighted by molar-refractivity contribution is 7.45. The molecule has 0 amide bonds. The molecule has 6 aromatic heterocycles. The molecule has 8 N–H and O–H groups in total. The number of rotatable bonds is 18. The standard InChI is InChI=1S/C23H31N10O11P.C12H18N5O7P.2CH4/c1-37-4-11-15(17(39-3)23(42-11)33-9-31-13-19(25)27-7-29-21(13)33)43-44-45(35,36)40-5-10-14(34)16(38-2)22(41-10)32-8-30-12-18(24)26-6-28-20(12)32;1-21-8-6(3-23-25(18,19)20)24-12(9(8)22-2)17-5-16-7-10(13)14-4-15-11(7)17;;/h6-11,14-17,22-23,34H,4-5H2,1-3H3,(H,35,36)(H2,24,26,28)(H2,25,27,29);4-6,8-9,12H,3H2,1-2H3,(H2,13,14,15)(H2,18,19,20);2*1H4/p-2. The number of aliphatic hydroxyl groups excluding tert-OH is 1. The van der Waals surface area contributed by atoms with Crippen molar-refractivity contribution in [1.29, 1.82) is 0 Å². The molecule has 9 heterocycles. The summed E-state index contributed by atoms with van der Waals surface area (Å²) in [5.74, 6) is 0.526. The van der Waals surface area contributed by atoms with Crippen molar-refractivity contribution in [2.75, 3.05) is 72.6 Å². The topological polar surface area (TPSA) is 440 Å². The second kappa shape index (κ2) is 23.4. The summed E-state index contributed by atoms with van der Waals surface area (Å²) >= 11 is 0. The van der Waals surface area contributed by atoms with Gasteiger partial charge in [-0.05, 0) is 0 Å². The Bertz CT molecular complexity index is 2840. The normalized spacial score (nSPS) is 28.8. The van der Waals surface area contributed by atoms with E-state index in [2.05, 4.69) is 49.4 Å². The molecule has 0 bridgehead atoms. The molecule has 6 aromatic rings. The van der Waals surface area contributed by atoms with E-state index in [1.807, 2.05) is 0 Å². The number of nitrogens with zero attached hydrogens (tertiary/aromatic N) is 12. The molecule has 14 unspecified atom stereocenters. The van der Waals surface area contributed by atoms with Crippen LogP contribution >= 0.6 is 15.6 Å². The highest BCUT2D eigenvalue weighted by Crippen LogP contribution is 2.44. The molecular weight excluding hydrogens is 1000 g/mol. The number of aromatic nitrogens is 12. The van der Waals surface area contributed by atoms with Gasteiger partial charge in [-0.2, -0.15) is 4.67 Å². The lowest BCUT2D eigenvalue weighted by Crippen LogP contribution is -2.38. The lowest BCUT2D eigenvalue weighted by atomic mass is 10.1. The lowest BCUT2D eigenvalue weighted by Gasteiger charge is -2.27. The fraction of sp³-hybridized carbons (Fsp3) is 0.595. The quantitative estimate of drug-likeness (QED) is 0.0373. The molecule has 0 spiro atoms. The fourth-order valence-electron chi connectivity index (χ4n) is 8.16. The second-order valence-corrected chi connectivity index (χ2v) is 17.8. The van der Waals surface area contributed by atoms with Crippen LogP contribution in [0, 0.1) is 0 Å². The number of hydrogen-bond donors (Lipinski definition) is 5. The first-order valence-electron chi connectivity index (χ1n) is 20.5. The molecular formula is C37H55N15O18P2-2. The van der Waals surface area contributed by atoms with E-state index in [9.17, 15) is 24.0 Å². The molecule has 3 fully saturated rings. The molecule has 33 nitrogen and oxygen atoms in total. The summed E-state index contributed by atoms with van der Waals surface area (Å²) in [6.07, 6.45) is -2.88. The first kappa shape index (κ1) is 56.2. The van der Waals surface area contributed by atoms with Crippen LogP contribution in [0.3, 0.4) is 0 Å². The van der Waals surface area contributed by atoms with E-state index in [1.54, 1.807) is 9.13 Å². The van der Waals surface area contributed by atoms with Gasteiger partial charge in [0.05, 0.1) is 38.8 Å². The van der Waals surface area contributed by atoms with Gasteiger partial charge in [0, 0.05) is 35.5 Å². The van der Waals surface area contributed by atoms with Gasteiger partial charge in [0.2, 0.25) is 0 Å². The molecule has 0 saturated carbocycles. The third kappa shape index (κ3) is 11.3. The van der Waals surface area contributed by atoms with Crippen molar-refractivity contribution in [1.82, 2.24) is 58.6 Å². The van der Waals surface area contributed by atoms with E-state index in [0.29, 0.717) is 33.5 Å². The first-order valence-corrected chi connectivity index (χ1v) is 23.5. The number of ether oxygens (including phenoxy) is 8. The number of phosphoric ester groups is 2. The summed E-state index contributed by atoms with van der Waals surface area (Å²) in [4.78, 5) is 74.6. The lowest BCUT2D eigenvalue weighted by molar-refractivity contribution is -0.335. The van der Waals surface area contributed by atoms with Crippen LogP contribution < -0.4 is 27.0 Å². The van der Waals surface area contributed by atoms with Crippen molar-refractivity contribution in [3.8, 4) is 0 Å². The SMILES string of the molecule is C.C.COC1C(COP(=O)([O-])O)OC(n2cnc3c(N)ncnc32)C1OC.COCC1OC(n2cnc3c(N)ncnc32)C(OC)C1OOP(=O)([O-])OCC1OC(n2cnc3c(N)ncnc32)C(OC)C1O. The van der Waals surface area contributed by atoms with E-state index in [0.717, 1.165) is 0 Å². The number of fused-ring (bicyclic) bond motifs is 3. The Balaban J connectivity index is 0.000000267. The minimum atomic E-state index is -5.15. The van der Waals surface area contributed by atoms with Crippen molar-refractivity contribution in [2.45, 2.75) is 88.5 Å². The first-order chi connectivity index (χ1) is 33.5. The maximum Gasteiger partial charge on any atom is 0.298 e. The van der Waals surface area contributed by atoms with E-state index >= 15 is 0 Å². The van der Waals surface area contributed by atoms with Crippen LogP contribution in [0.15, 0.2) is 38.0 Å². The molecule has 9 rings (SSSR count). The van der Waals surface area contributed by atoms with E-state index in [-0.39, 0.29) is 38.9 Å². The maximum atomic E-state index is 12.8. The molecule has 3 saturated heterocycles. The Morgan fingerprint density at radius 2 is 0.958 bits per heavy atom. The third-order valence-corrected chi connectivity index (χ3v) is 12.5. The number of imidazole rings is 3. The predicted molar refractivity (Wildman–Crippen MR) is 241 cm³/mol. The Labute approximate surface area is 408 Å². The van der Waals surface area contributed by atoms with Crippen LogP contribution in [0.5, 0.6) is 0 Å². The highest BCUT2D eigenvalue weighted by atomic mass is 31.2. The average molecular weight is 1060 g/mol. The predicted octanol–water partition coefficient (Wildman–Crippen LogP) is -1.45. The van der Waals surface area contributed by atoms with E-state index < -0.39 is 102 Å². The van der Waals surface area contributed by atoms with Crippen LogP contribution in [-0.4, -0.2) is 179 Å². The molecule has 72 heavy (non-hydrogen) atoms. The number of aliphatic hydroxyl groups is 1. The van der Waals surface area contributed by atoms with Gasteiger partial charge in [-0.3, -0.25) is 22.8 Å². The number of methoxy groups -OCH3 is 5. The minimum Gasteiger partial charge on any atom is -0.756 e. The maximum absolute atomic E-state index is 12.8. The van der Waals surface area contributed by atoms with Gasteiger partial charge >= 0.3 is 0 Å². The molecule has 14 atom stereocenters. The van der Waals surface area contributed by atoms with Crippen LogP contribution in [0.4, 0.5) is 17.5 Å². The van der Waals surface area contributed by atoms with Crippen molar-refractivity contribution >= 4 is 66.6 Å². The summed E-state index contributed by atoms with van der Waals surface area (Å²) in [6, 6.07) is 0. The van der Waals surface area contributed by atoms with Gasteiger partial charge in [0.1, 0.15) is 84.4 Å². The number of nitrogens with two attached hydrogens (primary N) is 3. The Hall–Kier alpha value is -5.13. The molecule has 0 aromatic carbocycles. The number of phosphoric acid groups is 2. The Morgan fingerprint density at radius 1 is 0.569 bits per heavy atom. The van der Waals surface area contributed by atoms with Crippen LogP contribution in [0.1, 0.15) is 33.5 Å². The van der Waals surface area contributed by atoms with E-state index in [4.69, 9.17) is 74.1 Å². The molecule has 3 aliphatic rings. The van der Waals surface area contributed by atoms with Crippen LogP contribution in [-0.2, 0) is 65.6 Å². The number of anilines is 3.